The highest BCUT2D eigenvalue weighted by Crippen LogP contribution is 2.46. The second-order valence-corrected chi connectivity index (χ2v) is 7.59. The van der Waals surface area contributed by atoms with Crippen LogP contribution in [0.3, 0.4) is 0 Å². The fraction of sp³-hybridized carbons (Fsp3) is 0.0714. The lowest BCUT2D eigenvalue weighted by atomic mass is 9.95. The van der Waals surface area contributed by atoms with Crippen molar-refractivity contribution in [2.24, 2.45) is 0 Å². The lowest BCUT2D eigenvalue weighted by Crippen LogP contribution is -1.84. The minimum atomic E-state index is 1.32. The molecule has 0 radical (unpaired) electrons. The van der Waals surface area contributed by atoms with Crippen molar-refractivity contribution in [3.63, 3.8) is 0 Å². The Hall–Kier alpha value is -3.38. The number of hydrogen-bond acceptors (Lipinski definition) is 0. The van der Waals surface area contributed by atoms with E-state index in [4.69, 9.17) is 0 Å². The van der Waals surface area contributed by atoms with Crippen molar-refractivity contribution < 1.29 is 0 Å². The van der Waals surface area contributed by atoms with Crippen molar-refractivity contribution in [3.8, 4) is 33.4 Å². The molecule has 5 aromatic rings. The molecular weight excluding hydrogens is 336 g/mol. The minimum absolute atomic E-state index is 1.32. The molecule has 0 nitrogen and oxygen atoms in total. The van der Waals surface area contributed by atoms with Gasteiger partial charge in [-0.25, -0.2) is 0 Å². The summed E-state index contributed by atoms with van der Waals surface area (Å²) in [4.78, 5) is 0. The Morgan fingerprint density at radius 3 is 1.89 bits per heavy atom. The van der Waals surface area contributed by atoms with E-state index in [1.165, 1.54) is 55.3 Å². The van der Waals surface area contributed by atoms with Gasteiger partial charge in [-0.3, -0.25) is 0 Å². The molecule has 2 aliphatic carbocycles. The number of hydrogen-bond donors (Lipinski definition) is 0. The topological polar surface area (TPSA) is 0 Å². The number of benzene rings is 4. The summed E-state index contributed by atoms with van der Waals surface area (Å²) in [6.45, 7) is 4.30. The van der Waals surface area contributed by atoms with Gasteiger partial charge in [-0.05, 0) is 75.7 Å². The molecule has 0 saturated heterocycles. The summed E-state index contributed by atoms with van der Waals surface area (Å²) in [6.07, 6.45) is 0. The van der Waals surface area contributed by atoms with E-state index in [1.54, 1.807) is 0 Å². The normalized spacial score (nSPS) is 11.2. The first-order valence-corrected chi connectivity index (χ1v) is 9.79. The second-order valence-electron chi connectivity index (χ2n) is 7.59. The van der Waals surface area contributed by atoms with Crippen LogP contribution in [0.25, 0.3) is 44.2 Å². The fourth-order valence-corrected chi connectivity index (χ4v) is 4.12. The van der Waals surface area contributed by atoms with Gasteiger partial charge in [-0.2, -0.15) is 0 Å². The van der Waals surface area contributed by atoms with Crippen molar-refractivity contribution in [2.45, 2.75) is 13.8 Å². The quantitative estimate of drug-likeness (QED) is 0.259. The van der Waals surface area contributed by atoms with Crippen molar-refractivity contribution in [1.29, 1.82) is 0 Å². The first kappa shape index (κ1) is 16.8. The lowest BCUT2D eigenvalue weighted by molar-refractivity contribution is 1.47. The van der Waals surface area contributed by atoms with Crippen LogP contribution in [0.15, 0.2) is 97.1 Å². The molecular formula is C28H22. The monoisotopic (exact) mass is 358 g/mol. The molecule has 0 aliphatic heterocycles. The lowest BCUT2D eigenvalue weighted by Gasteiger charge is -2.09. The molecule has 0 spiro atoms. The molecule has 0 saturated carbocycles. The van der Waals surface area contributed by atoms with E-state index in [9.17, 15) is 0 Å². The minimum Gasteiger partial charge on any atom is -0.0616 e. The molecule has 0 heteroatoms. The van der Waals surface area contributed by atoms with Gasteiger partial charge >= 0.3 is 0 Å². The Morgan fingerprint density at radius 2 is 1.11 bits per heavy atom. The average molecular weight is 358 g/mol. The van der Waals surface area contributed by atoms with Crippen LogP contribution in [-0.4, -0.2) is 0 Å². The van der Waals surface area contributed by atoms with Gasteiger partial charge in [0.15, 0.2) is 0 Å². The third-order valence-electron chi connectivity index (χ3n) is 5.64. The van der Waals surface area contributed by atoms with E-state index >= 15 is 0 Å². The molecule has 0 amide bonds. The highest BCUT2D eigenvalue weighted by Gasteiger charge is 2.20. The summed E-state index contributed by atoms with van der Waals surface area (Å²) in [5, 5.41) is 2.68. The number of rotatable bonds is 0. The Balaban J connectivity index is 0.000000135. The molecule has 0 fully saturated rings. The molecule has 0 aromatic heterocycles. The molecule has 5 aromatic carbocycles. The van der Waals surface area contributed by atoms with Crippen molar-refractivity contribution in [2.75, 3.05) is 0 Å². The highest BCUT2D eigenvalue weighted by atomic mass is 14.2. The van der Waals surface area contributed by atoms with Gasteiger partial charge in [0, 0.05) is 0 Å². The molecule has 0 unspecified atom stereocenters. The first-order chi connectivity index (χ1) is 13.7. The maximum Gasteiger partial charge on any atom is -0.00965 e. The summed E-state index contributed by atoms with van der Waals surface area (Å²) in [6, 6.07) is 34.8. The fourth-order valence-electron chi connectivity index (χ4n) is 4.12. The van der Waals surface area contributed by atoms with Gasteiger partial charge in [-0.1, -0.05) is 90.5 Å². The van der Waals surface area contributed by atoms with Crippen LogP contribution in [0.2, 0.25) is 0 Å². The Labute approximate surface area is 166 Å². The summed E-state index contributed by atoms with van der Waals surface area (Å²) in [5.41, 5.74) is 10.9. The van der Waals surface area contributed by atoms with Gasteiger partial charge in [0.25, 0.3) is 0 Å². The maximum absolute atomic E-state index is 2.30. The zero-order chi connectivity index (χ0) is 19.1. The van der Waals surface area contributed by atoms with Crippen molar-refractivity contribution >= 4 is 10.8 Å². The Kier molecular flexibility index (Phi) is 3.98. The van der Waals surface area contributed by atoms with Gasteiger partial charge in [0.05, 0.1) is 0 Å². The van der Waals surface area contributed by atoms with Crippen molar-refractivity contribution in [1.82, 2.24) is 0 Å². The summed E-state index contributed by atoms with van der Waals surface area (Å²) >= 11 is 0. The smallest absolute Gasteiger partial charge is 0.00965 e. The third kappa shape index (κ3) is 2.78. The van der Waals surface area contributed by atoms with Gasteiger partial charge in [-0.15, -0.1) is 0 Å². The maximum atomic E-state index is 2.30. The molecule has 7 rings (SSSR count). The molecule has 134 valence electrons. The SMILES string of the molecule is Cc1ccc2c(c1)-c1ccccc1-c1cc-2c1.Cc1cccc2ccccc12. The van der Waals surface area contributed by atoms with Crippen LogP contribution in [0, 0.1) is 13.8 Å². The predicted molar refractivity (Wildman–Crippen MR) is 121 cm³/mol. The van der Waals surface area contributed by atoms with E-state index in [-0.39, 0.29) is 0 Å². The average Bonchev–Trinajstić information content (AvgIpc) is 2.91. The van der Waals surface area contributed by atoms with E-state index in [1.807, 2.05) is 0 Å². The van der Waals surface area contributed by atoms with Gasteiger partial charge in [0.1, 0.15) is 0 Å². The summed E-state index contributed by atoms with van der Waals surface area (Å²) < 4.78 is 0. The predicted octanol–water partition coefficient (Wildman–Crippen LogP) is 7.90. The van der Waals surface area contributed by atoms with Gasteiger partial charge in [0.2, 0.25) is 0 Å². The van der Waals surface area contributed by atoms with Crippen LogP contribution >= 0.6 is 0 Å². The zero-order valence-corrected chi connectivity index (χ0v) is 16.2. The number of aryl methyl sites for hydroxylation is 2. The van der Waals surface area contributed by atoms with E-state index < -0.39 is 0 Å². The first-order valence-electron chi connectivity index (χ1n) is 9.79. The van der Waals surface area contributed by atoms with Crippen LogP contribution in [0.5, 0.6) is 0 Å². The van der Waals surface area contributed by atoms with E-state index in [0.717, 1.165) is 0 Å². The Morgan fingerprint density at radius 1 is 0.464 bits per heavy atom. The third-order valence-corrected chi connectivity index (χ3v) is 5.64. The molecule has 2 bridgehead atoms. The van der Waals surface area contributed by atoms with Crippen molar-refractivity contribution in [3.05, 3.63) is 108 Å². The standard InChI is InChI=1S/C17H12.C11H10/c1-11-6-7-15-13-9-12(10-13)14-4-2-3-5-16(14)17(15)8-11;1-9-5-4-7-10-6-2-3-8-11(9)10/h2-10H,1H3;2-8H,1H3. The molecule has 28 heavy (non-hydrogen) atoms. The van der Waals surface area contributed by atoms with Crippen LogP contribution in [-0.2, 0) is 0 Å². The molecule has 0 N–H and O–H groups in total. The van der Waals surface area contributed by atoms with Crippen LogP contribution in [0.1, 0.15) is 11.1 Å². The largest absolute Gasteiger partial charge is 0.0616 e. The highest BCUT2D eigenvalue weighted by molar-refractivity contribution is 6.00. The van der Waals surface area contributed by atoms with Crippen LogP contribution in [0.4, 0.5) is 0 Å². The molecule has 0 heterocycles. The summed E-state index contributed by atoms with van der Waals surface area (Å²) in [5.74, 6) is 0. The van der Waals surface area contributed by atoms with Crippen LogP contribution < -0.4 is 0 Å². The second kappa shape index (κ2) is 6.65. The summed E-state index contributed by atoms with van der Waals surface area (Å²) in [7, 11) is 0. The molecule has 0 atom stereocenters. The molecule has 2 aliphatic rings. The van der Waals surface area contributed by atoms with Gasteiger partial charge < -0.3 is 0 Å². The van der Waals surface area contributed by atoms with E-state index in [0.29, 0.717) is 0 Å². The van der Waals surface area contributed by atoms with E-state index in [2.05, 4.69) is 111 Å². The Bertz CT molecular complexity index is 1260. The zero-order valence-electron chi connectivity index (χ0n) is 16.2. The number of fused-ring (bicyclic) bond motifs is 1.